The molecule has 0 heterocycles. The molecule has 0 aliphatic heterocycles. The molecular weight excluding hydrogens is 332 g/mol. The summed E-state index contributed by atoms with van der Waals surface area (Å²) >= 11 is 1.47. The number of hydrogen-bond acceptors (Lipinski definition) is 4. The maximum atomic E-state index is 12.7. The van der Waals surface area contributed by atoms with Crippen molar-refractivity contribution in [2.45, 2.75) is 48.4 Å². The van der Waals surface area contributed by atoms with Crippen LogP contribution in [0.1, 0.15) is 32.6 Å². The molecule has 1 aromatic carbocycles. The summed E-state index contributed by atoms with van der Waals surface area (Å²) in [5.41, 5.74) is 0.542. The predicted octanol–water partition coefficient (Wildman–Crippen LogP) is 2.83. The van der Waals surface area contributed by atoms with Gasteiger partial charge in [0.1, 0.15) is 0 Å². The topological polar surface area (TPSA) is 75.3 Å². The Balaban J connectivity index is 1.83. The first-order chi connectivity index (χ1) is 10.9. The summed E-state index contributed by atoms with van der Waals surface area (Å²) in [6.45, 7) is 1.42. The summed E-state index contributed by atoms with van der Waals surface area (Å²) in [5.74, 6) is 0.951. The minimum atomic E-state index is -3.56. The van der Waals surface area contributed by atoms with Gasteiger partial charge in [-0.1, -0.05) is 6.42 Å². The maximum absolute atomic E-state index is 12.7. The van der Waals surface area contributed by atoms with Crippen molar-refractivity contribution in [2.24, 2.45) is 11.8 Å². The van der Waals surface area contributed by atoms with Gasteiger partial charge >= 0.3 is 0 Å². The van der Waals surface area contributed by atoms with Crippen LogP contribution in [0.4, 0.5) is 5.69 Å². The van der Waals surface area contributed by atoms with Gasteiger partial charge in [-0.3, -0.25) is 4.79 Å². The zero-order chi connectivity index (χ0) is 16.6. The molecule has 1 amide bonds. The van der Waals surface area contributed by atoms with Crippen LogP contribution < -0.4 is 10.0 Å². The Hall–Kier alpha value is -1.05. The molecule has 7 heteroatoms. The zero-order valence-electron chi connectivity index (χ0n) is 13.3. The van der Waals surface area contributed by atoms with Crippen molar-refractivity contribution >= 4 is 33.4 Å². The number of carbonyl (C=O) groups is 1. The van der Waals surface area contributed by atoms with Gasteiger partial charge in [-0.25, -0.2) is 13.1 Å². The van der Waals surface area contributed by atoms with Crippen LogP contribution in [0.3, 0.4) is 0 Å². The summed E-state index contributed by atoms with van der Waals surface area (Å²) in [6, 6.07) is 4.95. The number of hydrogen-bond donors (Lipinski definition) is 2. The highest BCUT2D eigenvalue weighted by Gasteiger charge is 2.41. The second kappa shape index (κ2) is 6.45. The van der Waals surface area contributed by atoms with E-state index in [1.807, 2.05) is 6.26 Å². The van der Waals surface area contributed by atoms with Gasteiger partial charge in [-0.15, -0.1) is 11.8 Å². The average molecular weight is 354 g/mol. The predicted molar refractivity (Wildman–Crippen MR) is 92.1 cm³/mol. The SMILES string of the molecule is CSc1ccc(S(=O)(=O)N[C@@H]2C[C@H]3CC[C@H]2C3)cc1NC(C)=O. The Morgan fingerprint density at radius 2 is 2.04 bits per heavy atom. The number of amides is 1. The van der Waals surface area contributed by atoms with Crippen molar-refractivity contribution in [1.82, 2.24) is 4.72 Å². The molecule has 126 valence electrons. The molecule has 23 heavy (non-hydrogen) atoms. The minimum absolute atomic E-state index is 0.0585. The van der Waals surface area contributed by atoms with Gasteiger partial charge in [-0.05, 0) is 55.6 Å². The molecule has 3 rings (SSSR count). The number of sulfonamides is 1. The Labute approximate surface area is 141 Å². The van der Waals surface area contributed by atoms with E-state index in [4.69, 9.17) is 0 Å². The minimum Gasteiger partial charge on any atom is -0.325 e. The van der Waals surface area contributed by atoms with Gasteiger partial charge < -0.3 is 5.32 Å². The molecule has 0 unspecified atom stereocenters. The van der Waals surface area contributed by atoms with Crippen molar-refractivity contribution in [2.75, 3.05) is 11.6 Å². The fourth-order valence-electron chi connectivity index (χ4n) is 3.80. The van der Waals surface area contributed by atoms with E-state index in [1.54, 1.807) is 18.2 Å². The molecule has 0 radical (unpaired) electrons. The van der Waals surface area contributed by atoms with Crippen LogP contribution in [0.25, 0.3) is 0 Å². The number of nitrogens with one attached hydrogen (secondary N) is 2. The number of anilines is 1. The monoisotopic (exact) mass is 354 g/mol. The van der Waals surface area contributed by atoms with Crippen LogP contribution in [-0.4, -0.2) is 26.6 Å². The van der Waals surface area contributed by atoms with Gasteiger partial charge in [0.25, 0.3) is 0 Å². The molecule has 3 atom stereocenters. The highest BCUT2D eigenvalue weighted by molar-refractivity contribution is 7.98. The van der Waals surface area contributed by atoms with Crippen LogP contribution in [-0.2, 0) is 14.8 Å². The van der Waals surface area contributed by atoms with E-state index in [-0.39, 0.29) is 16.8 Å². The average Bonchev–Trinajstić information content (AvgIpc) is 3.08. The Morgan fingerprint density at radius 3 is 2.61 bits per heavy atom. The molecular formula is C16H22N2O3S2. The van der Waals surface area contributed by atoms with Gasteiger partial charge in [0.15, 0.2) is 0 Å². The lowest BCUT2D eigenvalue weighted by Crippen LogP contribution is -2.38. The van der Waals surface area contributed by atoms with Crippen molar-refractivity contribution in [3.05, 3.63) is 18.2 Å². The zero-order valence-corrected chi connectivity index (χ0v) is 15.0. The van der Waals surface area contributed by atoms with Crippen LogP contribution in [0.2, 0.25) is 0 Å². The van der Waals surface area contributed by atoms with E-state index in [1.165, 1.54) is 25.1 Å². The number of carbonyl (C=O) groups excluding carboxylic acids is 1. The number of fused-ring (bicyclic) bond motifs is 2. The molecule has 2 aliphatic rings. The molecule has 0 saturated heterocycles. The van der Waals surface area contributed by atoms with E-state index in [2.05, 4.69) is 10.0 Å². The maximum Gasteiger partial charge on any atom is 0.240 e. The Kier molecular flexibility index (Phi) is 4.71. The van der Waals surface area contributed by atoms with Gasteiger partial charge in [0.05, 0.1) is 10.6 Å². The van der Waals surface area contributed by atoms with Gasteiger partial charge in [0, 0.05) is 17.9 Å². The molecule has 2 bridgehead atoms. The third-order valence-corrected chi connectivity index (χ3v) is 7.12. The fraction of sp³-hybridized carbons (Fsp3) is 0.562. The van der Waals surface area contributed by atoms with Crippen LogP contribution in [0, 0.1) is 11.8 Å². The highest BCUT2D eigenvalue weighted by Crippen LogP contribution is 2.44. The molecule has 2 aliphatic carbocycles. The molecule has 2 fully saturated rings. The lowest BCUT2D eigenvalue weighted by atomic mass is 9.96. The third-order valence-electron chi connectivity index (χ3n) is 4.84. The summed E-state index contributed by atoms with van der Waals surface area (Å²) in [7, 11) is -3.56. The van der Waals surface area contributed by atoms with Gasteiger partial charge in [0.2, 0.25) is 15.9 Å². The van der Waals surface area contributed by atoms with E-state index in [0.29, 0.717) is 17.5 Å². The normalized spacial score (nSPS) is 26.4. The lowest BCUT2D eigenvalue weighted by Gasteiger charge is -2.23. The van der Waals surface area contributed by atoms with Crippen molar-refractivity contribution < 1.29 is 13.2 Å². The second-order valence-corrected chi connectivity index (χ2v) is 9.01. The highest BCUT2D eigenvalue weighted by atomic mass is 32.2. The van der Waals surface area contributed by atoms with E-state index in [0.717, 1.165) is 24.2 Å². The van der Waals surface area contributed by atoms with E-state index in [9.17, 15) is 13.2 Å². The van der Waals surface area contributed by atoms with Crippen molar-refractivity contribution in [3.8, 4) is 0 Å². The number of benzene rings is 1. The number of thioether (sulfide) groups is 1. The van der Waals surface area contributed by atoms with Crippen LogP contribution in [0.5, 0.6) is 0 Å². The van der Waals surface area contributed by atoms with Crippen molar-refractivity contribution in [1.29, 1.82) is 0 Å². The standard InChI is InChI=1S/C16H22N2O3S2/c1-10(19)17-15-9-13(5-6-16(15)22-2)23(20,21)18-14-8-11-3-4-12(14)7-11/h5-6,9,11-12,14,18H,3-4,7-8H2,1-2H3,(H,17,19)/t11-,12-,14+/m0/s1. The summed E-state index contributed by atoms with van der Waals surface area (Å²) < 4.78 is 28.2. The van der Waals surface area contributed by atoms with E-state index >= 15 is 0 Å². The first-order valence-electron chi connectivity index (χ1n) is 7.87. The second-order valence-electron chi connectivity index (χ2n) is 6.45. The largest absolute Gasteiger partial charge is 0.325 e. The fourth-order valence-corrected chi connectivity index (χ4v) is 5.68. The molecule has 0 spiro atoms. The first-order valence-corrected chi connectivity index (χ1v) is 10.6. The van der Waals surface area contributed by atoms with Crippen molar-refractivity contribution in [3.63, 3.8) is 0 Å². The summed E-state index contributed by atoms with van der Waals surface area (Å²) in [4.78, 5) is 12.4. The summed E-state index contributed by atoms with van der Waals surface area (Å²) in [5, 5.41) is 2.71. The Bertz CT molecular complexity index is 718. The molecule has 2 N–H and O–H groups in total. The van der Waals surface area contributed by atoms with Crippen LogP contribution in [0.15, 0.2) is 28.0 Å². The molecule has 2 saturated carbocycles. The summed E-state index contributed by atoms with van der Waals surface area (Å²) in [6.07, 6.45) is 6.35. The van der Waals surface area contributed by atoms with Crippen LogP contribution >= 0.6 is 11.8 Å². The molecule has 0 aromatic heterocycles. The third kappa shape index (κ3) is 3.56. The smallest absolute Gasteiger partial charge is 0.240 e. The number of rotatable bonds is 5. The molecule has 5 nitrogen and oxygen atoms in total. The lowest BCUT2D eigenvalue weighted by molar-refractivity contribution is -0.114. The molecule has 1 aromatic rings. The first kappa shape index (κ1) is 16.8. The van der Waals surface area contributed by atoms with E-state index < -0.39 is 10.0 Å². The quantitative estimate of drug-likeness (QED) is 0.797. The van der Waals surface area contributed by atoms with Gasteiger partial charge in [-0.2, -0.15) is 0 Å². The Morgan fingerprint density at radius 1 is 1.26 bits per heavy atom.